The number of rotatable bonds is 4. The van der Waals surface area contributed by atoms with Crippen LogP contribution in [0, 0.1) is 0 Å². The highest BCUT2D eigenvalue weighted by Crippen LogP contribution is 2.42. The lowest BCUT2D eigenvalue weighted by atomic mass is 9.89. The van der Waals surface area contributed by atoms with Crippen molar-refractivity contribution in [2.24, 2.45) is 0 Å². The Bertz CT molecular complexity index is 1280. The van der Waals surface area contributed by atoms with Crippen LogP contribution < -0.4 is 9.80 Å². The van der Waals surface area contributed by atoms with Crippen molar-refractivity contribution in [1.29, 1.82) is 0 Å². The molecule has 0 saturated carbocycles. The van der Waals surface area contributed by atoms with E-state index in [2.05, 4.69) is 4.98 Å². The van der Waals surface area contributed by atoms with Crippen LogP contribution in [0.2, 0.25) is 0 Å². The lowest BCUT2D eigenvalue weighted by molar-refractivity contribution is -0.132. The number of amides is 1. The number of aromatic nitrogens is 1. The number of aliphatic hydroxyl groups excluding tert-OH is 1. The van der Waals surface area contributed by atoms with Crippen molar-refractivity contribution < 1.29 is 14.7 Å². The van der Waals surface area contributed by atoms with Gasteiger partial charge in [0.2, 0.25) is 0 Å². The number of hydrogen-bond donors (Lipinski definition) is 1. The van der Waals surface area contributed by atoms with E-state index in [1.165, 1.54) is 16.0 Å². The molecule has 1 unspecified atom stereocenters. The van der Waals surface area contributed by atoms with E-state index in [1.807, 2.05) is 61.5 Å². The number of anilines is 2. The van der Waals surface area contributed by atoms with E-state index in [4.69, 9.17) is 0 Å². The van der Waals surface area contributed by atoms with Crippen molar-refractivity contribution in [3.8, 4) is 0 Å². The third kappa shape index (κ3) is 3.75. The summed E-state index contributed by atoms with van der Waals surface area (Å²) in [7, 11) is 3.88. The first-order valence-electron chi connectivity index (χ1n) is 11.6. The number of hydrogen-bond acceptors (Lipinski definition) is 5. The molecule has 2 aromatic carbocycles. The number of Topliss-reactive ketones (excluding diaryl/α,β-unsaturated/α-hetero) is 1. The van der Waals surface area contributed by atoms with E-state index in [-0.39, 0.29) is 11.3 Å². The van der Waals surface area contributed by atoms with Gasteiger partial charge in [-0.3, -0.25) is 19.5 Å². The first kappa shape index (κ1) is 21.9. The Morgan fingerprint density at radius 1 is 0.941 bits per heavy atom. The molecule has 3 aromatic rings. The van der Waals surface area contributed by atoms with Gasteiger partial charge >= 0.3 is 0 Å². The fourth-order valence-electron chi connectivity index (χ4n) is 4.91. The second kappa shape index (κ2) is 8.78. The SMILES string of the molecule is CN(C)c1ccc(N2C(=O)C(=O)/C(=C(\O)c3ccc4c(c3)CCCC4)C2c2ccncc2)cc1. The summed E-state index contributed by atoms with van der Waals surface area (Å²) in [6.45, 7) is 0. The van der Waals surface area contributed by atoms with Crippen LogP contribution in [0.1, 0.15) is 41.1 Å². The zero-order valence-corrected chi connectivity index (χ0v) is 19.4. The van der Waals surface area contributed by atoms with Crippen molar-refractivity contribution in [2.45, 2.75) is 31.7 Å². The van der Waals surface area contributed by atoms with Gasteiger partial charge in [0.25, 0.3) is 11.7 Å². The van der Waals surface area contributed by atoms with Gasteiger partial charge in [0.15, 0.2) is 0 Å². The molecule has 6 heteroatoms. The molecule has 6 nitrogen and oxygen atoms in total. The molecular weight excluding hydrogens is 426 g/mol. The third-order valence-electron chi connectivity index (χ3n) is 6.73. The van der Waals surface area contributed by atoms with Crippen LogP contribution in [0.4, 0.5) is 11.4 Å². The van der Waals surface area contributed by atoms with E-state index in [1.54, 1.807) is 24.5 Å². The predicted octanol–water partition coefficient (Wildman–Crippen LogP) is 4.65. The van der Waals surface area contributed by atoms with E-state index in [0.717, 1.165) is 31.4 Å². The Kier molecular flexibility index (Phi) is 5.65. The molecule has 34 heavy (non-hydrogen) atoms. The average molecular weight is 454 g/mol. The number of fused-ring (bicyclic) bond motifs is 1. The summed E-state index contributed by atoms with van der Waals surface area (Å²) in [6, 6.07) is 16.1. The highest BCUT2D eigenvalue weighted by molar-refractivity contribution is 6.51. The van der Waals surface area contributed by atoms with Gasteiger partial charge in [-0.15, -0.1) is 0 Å². The van der Waals surface area contributed by atoms with Crippen LogP contribution >= 0.6 is 0 Å². The Hall–Kier alpha value is -3.93. The molecule has 1 fully saturated rings. The monoisotopic (exact) mass is 453 g/mol. The number of aryl methyl sites for hydroxylation is 2. The molecule has 1 aromatic heterocycles. The molecule has 2 aliphatic rings. The molecule has 2 heterocycles. The minimum Gasteiger partial charge on any atom is -0.507 e. The molecule has 1 saturated heterocycles. The Balaban J connectivity index is 1.65. The van der Waals surface area contributed by atoms with Crippen LogP contribution in [0.25, 0.3) is 5.76 Å². The number of carbonyl (C=O) groups is 2. The van der Waals surface area contributed by atoms with E-state index < -0.39 is 17.7 Å². The summed E-state index contributed by atoms with van der Waals surface area (Å²) < 4.78 is 0. The van der Waals surface area contributed by atoms with E-state index in [9.17, 15) is 14.7 Å². The van der Waals surface area contributed by atoms with Crippen LogP contribution in [0.15, 0.2) is 72.6 Å². The van der Waals surface area contributed by atoms with Crippen LogP contribution in [-0.4, -0.2) is 35.9 Å². The van der Waals surface area contributed by atoms with Crippen molar-refractivity contribution in [3.63, 3.8) is 0 Å². The normalized spacial score (nSPS) is 19.2. The fourth-order valence-corrected chi connectivity index (χ4v) is 4.91. The summed E-state index contributed by atoms with van der Waals surface area (Å²) in [5.41, 5.74) is 5.45. The summed E-state index contributed by atoms with van der Waals surface area (Å²) in [5, 5.41) is 11.4. The number of ketones is 1. The first-order chi connectivity index (χ1) is 16.5. The van der Waals surface area contributed by atoms with Gasteiger partial charge in [0.05, 0.1) is 11.6 Å². The van der Waals surface area contributed by atoms with Crippen molar-refractivity contribution in [1.82, 2.24) is 4.98 Å². The zero-order chi connectivity index (χ0) is 23.8. The zero-order valence-electron chi connectivity index (χ0n) is 19.4. The van der Waals surface area contributed by atoms with Crippen LogP contribution in [0.3, 0.4) is 0 Å². The topological polar surface area (TPSA) is 73.7 Å². The van der Waals surface area contributed by atoms with Gasteiger partial charge < -0.3 is 10.0 Å². The largest absolute Gasteiger partial charge is 0.507 e. The third-order valence-corrected chi connectivity index (χ3v) is 6.73. The van der Waals surface area contributed by atoms with Gasteiger partial charge in [-0.1, -0.05) is 12.1 Å². The first-order valence-corrected chi connectivity index (χ1v) is 11.6. The van der Waals surface area contributed by atoms with E-state index >= 15 is 0 Å². The highest BCUT2D eigenvalue weighted by Gasteiger charge is 2.47. The minimum absolute atomic E-state index is 0.101. The lowest BCUT2D eigenvalue weighted by Crippen LogP contribution is -2.29. The molecule has 1 amide bonds. The van der Waals surface area contributed by atoms with Crippen LogP contribution in [-0.2, 0) is 22.4 Å². The molecular formula is C28H27N3O3. The van der Waals surface area contributed by atoms with Crippen molar-refractivity contribution in [3.05, 3.63) is 94.8 Å². The van der Waals surface area contributed by atoms with E-state index in [0.29, 0.717) is 16.8 Å². The predicted molar refractivity (Wildman–Crippen MR) is 133 cm³/mol. The number of carbonyl (C=O) groups excluding carboxylic acids is 2. The Morgan fingerprint density at radius 2 is 1.62 bits per heavy atom. The van der Waals surface area contributed by atoms with Crippen molar-refractivity contribution >= 4 is 28.8 Å². The maximum Gasteiger partial charge on any atom is 0.300 e. The summed E-state index contributed by atoms with van der Waals surface area (Å²) in [5.74, 6) is -1.48. The van der Waals surface area contributed by atoms with Crippen molar-refractivity contribution in [2.75, 3.05) is 23.9 Å². The van der Waals surface area contributed by atoms with Gasteiger partial charge in [0.1, 0.15) is 5.76 Å². The molecule has 5 rings (SSSR count). The average Bonchev–Trinajstić information content (AvgIpc) is 3.14. The maximum absolute atomic E-state index is 13.3. The Morgan fingerprint density at radius 3 is 2.29 bits per heavy atom. The van der Waals surface area contributed by atoms with Gasteiger partial charge in [-0.25, -0.2) is 0 Å². The highest BCUT2D eigenvalue weighted by atomic mass is 16.3. The molecule has 0 bridgehead atoms. The van der Waals surface area contributed by atoms with Crippen LogP contribution in [0.5, 0.6) is 0 Å². The summed E-state index contributed by atoms with van der Waals surface area (Å²) >= 11 is 0. The molecule has 172 valence electrons. The second-order valence-corrected chi connectivity index (χ2v) is 9.05. The number of nitrogens with zero attached hydrogens (tertiary/aromatic N) is 3. The number of aliphatic hydroxyl groups is 1. The molecule has 1 aliphatic heterocycles. The minimum atomic E-state index is -0.746. The standard InChI is InChI=1S/C28H27N3O3/c1-30(2)22-9-11-23(12-10-22)31-25(19-13-15-29-16-14-19)24(27(33)28(31)34)26(32)21-8-7-18-5-3-4-6-20(18)17-21/h7-17,25,32H,3-6H2,1-2H3/b26-24-. The molecule has 1 aliphatic carbocycles. The maximum atomic E-state index is 13.3. The number of pyridine rings is 1. The fraction of sp³-hybridized carbons (Fsp3) is 0.250. The van der Waals surface area contributed by atoms with Gasteiger partial charge in [0, 0.05) is 43.4 Å². The quantitative estimate of drug-likeness (QED) is 0.354. The summed E-state index contributed by atoms with van der Waals surface area (Å²) in [4.78, 5) is 34.1. The molecule has 0 spiro atoms. The Labute approximate surface area is 199 Å². The summed E-state index contributed by atoms with van der Waals surface area (Å²) in [6.07, 6.45) is 7.52. The molecule has 1 N–H and O–H groups in total. The molecule has 0 radical (unpaired) electrons. The van der Waals surface area contributed by atoms with Gasteiger partial charge in [-0.05, 0) is 84.8 Å². The number of benzene rings is 2. The molecule has 1 atom stereocenters. The van der Waals surface area contributed by atoms with Gasteiger partial charge in [-0.2, -0.15) is 0 Å². The second-order valence-electron chi connectivity index (χ2n) is 9.05. The lowest BCUT2D eigenvalue weighted by Gasteiger charge is -2.26. The smallest absolute Gasteiger partial charge is 0.300 e.